The second-order valence-corrected chi connectivity index (χ2v) is 7.54. The van der Waals surface area contributed by atoms with Crippen LogP contribution < -0.4 is 5.32 Å². The number of hydrogen-bond acceptors (Lipinski definition) is 5. The molecule has 6 nitrogen and oxygen atoms in total. The van der Waals surface area contributed by atoms with Crippen LogP contribution in [0.3, 0.4) is 0 Å². The highest BCUT2D eigenvalue weighted by atomic mass is 32.2. The van der Waals surface area contributed by atoms with Crippen LogP contribution in [0.15, 0.2) is 18.2 Å². The Morgan fingerprint density at radius 2 is 2.20 bits per heavy atom. The Kier molecular flexibility index (Phi) is 4.39. The van der Waals surface area contributed by atoms with Gasteiger partial charge in [0.25, 0.3) is 5.69 Å². The zero-order chi connectivity index (χ0) is 14.8. The van der Waals surface area contributed by atoms with Gasteiger partial charge in [-0.3, -0.25) is 10.1 Å². The standard InChI is InChI=1S/C13H18N2O4S/c1-10-4-5-11(7-13(10)15(16)17)8-14-9-12-3-2-6-20(12,18)19/h4-5,7,12,14H,2-3,6,8-9H2,1H3. The van der Waals surface area contributed by atoms with Crippen molar-refractivity contribution in [1.82, 2.24) is 5.32 Å². The van der Waals surface area contributed by atoms with Crippen LogP contribution >= 0.6 is 0 Å². The average molecular weight is 298 g/mol. The molecular formula is C13H18N2O4S. The van der Waals surface area contributed by atoms with E-state index in [1.54, 1.807) is 13.0 Å². The molecule has 1 aromatic rings. The van der Waals surface area contributed by atoms with Gasteiger partial charge in [-0.25, -0.2) is 8.42 Å². The van der Waals surface area contributed by atoms with Crippen molar-refractivity contribution in [2.75, 3.05) is 12.3 Å². The minimum absolute atomic E-state index is 0.0952. The lowest BCUT2D eigenvalue weighted by Crippen LogP contribution is -2.30. The molecule has 0 amide bonds. The summed E-state index contributed by atoms with van der Waals surface area (Å²) in [6.07, 6.45) is 1.42. The second-order valence-electron chi connectivity index (χ2n) is 5.14. The fourth-order valence-electron chi connectivity index (χ4n) is 2.43. The molecule has 0 spiro atoms. The van der Waals surface area contributed by atoms with Gasteiger partial charge in [0.05, 0.1) is 15.9 Å². The summed E-state index contributed by atoms with van der Waals surface area (Å²) in [7, 11) is -2.94. The Labute approximate surface area is 118 Å². The van der Waals surface area contributed by atoms with Crippen LogP contribution in [0.4, 0.5) is 5.69 Å². The fourth-order valence-corrected chi connectivity index (χ4v) is 4.23. The Bertz CT molecular complexity index is 613. The summed E-state index contributed by atoms with van der Waals surface area (Å²) in [5, 5.41) is 13.6. The van der Waals surface area contributed by atoms with E-state index in [0.29, 0.717) is 25.1 Å². The smallest absolute Gasteiger partial charge is 0.272 e. The van der Waals surface area contributed by atoms with Crippen molar-refractivity contribution >= 4 is 15.5 Å². The van der Waals surface area contributed by atoms with Crippen molar-refractivity contribution < 1.29 is 13.3 Å². The maximum atomic E-state index is 11.7. The summed E-state index contributed by atoms with van der Waals surface area (Å²) in [6, 6.07) is 5.06. The first-order valence-electron chi connectivity index (χ1n) is 6.56. The number of aryl methyl sites for hydroxylation is 1. The molecule has 1 N–H and O–H groups in total. The largest absolute Gasteiger partial charge is 0.311 e. The molecule has 1 unspecified atom stereocenters. The van der Waals surface area contributed by atoms with Crippen LogP contribution in [0.25, 0.3) is 0 Å². The van der Waals surface area contributed by atoms with Gasteiger partial charge in [-0.2, -0.15) is 0 Å². The van der Waals surface area contributed by atoms with Crippen LogP contribution in [0.1, 0.15) is 24.0 Å². The second kappa shape index (κ2) is 5.88. The molecular weight excluding hydrogens is 280 g/mol. The first-order chi connectivity index (χ1) is 9.40. The lowest BCUT2D eigenvalue weighted by Gasteiger charge is -2.11. The molecule has 0 aromatic heterocycles. The molecule has 1 aliphatic rings. The summed E-state index contributed by atoms with van der Waals surface area (Å²) in [6.45, 7) is 2.54. The van der Waals surface area contributed by atoms with E-state index < -0.39 is 14.8 Å². The number of hydrogen-bond donors (Lipinski definition) is 1. The van der Waals surface area contributed by atoms with E-state index in [1.165, 1.54) is 6.07 Å². The monoisotopic (exact) mass is 298 g/mol. The number of rotatable bonds is 5. The van der Waals surface area contributed by atoms with E-state index in [9.17, 15) is 18.5 Å². The summed E-state index contributed by atoms with van der Waals surface area (Å²) < 4.78 is 23.3. The highest BCUT2D eigenvalue weighted by Crippen LogP contribution is 2.20. The zero-order valence-electron chi connectivity index (χ0n) is 11.3. The third kappa shape index (κ3) is 3.34. The van der Waals surface area contributed by atoms with Crippen molar-refractivity contribution in [3.63, 3.8) is 0 Å². The molecule has 1 heterocycles. The summed E-state index contributed by atoms with van der Waals surface area (Å²) in [5.41, 5.74) is 1.51. The van der Waals surface area contributed by atoms with Gasteiger partial charge in [0.15, 0.2) is 9.84 Å². The summed E-state index contributed by atoms with van der Waals surface area (Å²) >= 11 is 0. The molecule has 0 aliphatic carbocycles. The molecule has 1 saturated heterocycles. The molecule has 0 bridgehead atoms. The molecule has 2 rings (SSSR count). The summed E-state index contributed by atoms with van der Waals surface area (Å²) in [5.74, 6) is 0.273. The number of nitro benzene ring substituents is 1. The van der Waals surface area contributed by atoms with Crippen LogP contribution in [0.5, 0.6) is 0 Å². The van der Waals surface area contributed by atoms with Crippen LogP contribution in [-0.4, -0.2) is 30.9 Å². The topological polar surface area (TPSA) is 89.3 Å². The predicted molar refractivity (Wildman–Crippen MR) is 76.3 cm³/mol. The number of benzene rings is 1. The quantitative estimate of drug-likeness (QED) is 0.658. The molecule has 1 aromatic carbocycles. The average Bonchev–Trinajstić information content (AvgIpc) is 2.70. The van der Waals surface area contributed by atoms with Crippen LogP contribution in [0, 0.1) is 17.0 Å². The number of sulfone groups is 1. The van der Waals surface area contributed by atoms with Gasteiger partial charge in [-0.15, -0.1) is 0 Å². The van der Waals surface area contributed by atoms with Crippen molar-refractivity contribution in [1.29, 1.82) is 0 Å². The third-order valence-electron chi connectivity index (χ3n) is 3.63. The van der Waals surface area contributed by atoms with Gasteiger partial charge in [-0.1, -0.05) is 12.1 Å². The molecule has 110 valence electrons. The molecule has 0 saturated carbocycles. The zero-order valence-corrected chi connectivity index (χ0v) is 12.1. The molecule has 1 atom stereocenters. The van der Waals surface area contributed by atoms with Crippen molar-refractivity contribution in [3.8, 4) is 0 Å². The first kappa shape index (κ1) is 14.9. The number of nitrogens with one attached hydrogen (secondary N) is 1. The fraction of sp³-hybridized carbons (Fsp3) is 0.538. The highest BCUT2D eigenvalue weighted by molar-refractivity contribution is 7.92. The van der Waals surface area contributed by atoms with Crippen molar-refractivity contribution in [3.05, 3.63) is 39.4 Å². The van der Waals surface area contributed by atoms with E-state index in [-0.39, 0.29) is 16.7 Å². The normalized spacial score (nSPS) is 20.9. The molecule has 0 radical (unpaired) electrons. The van der Waals surface area contributed by atoms with Crippen molar-refractivity contribution in [2.45, 2.75) is 31.6 Å². The molecule has 1 fully saturated rings. The van der Waals surface area contributed by atoms with Gasteiger partial charge in [0.1, 0.15) is 0 Å². The van der Waals surface area contributed by atoms with Crippen molar-refractivity contribution in [2.24, 2.45) is 0 Å². The lowest BCUT2D eigenvalue weighted by molar-refractivity contribution is -0.385. The van der Waals surface area contributed by atoms with E-state index in [2.05, 4.69) is 5.32 Å². The molecule has 20 heavy (non-hydrogen) atoms. The van der Waals surface area contributed by atoms with Gasteiger partial charge < -0.3 is 5.32 Å². The van der Waals surface area contributed by atoms with Crippen LogP contribution in [-0.2, 0) is 16.4 Å². The predicted octanol–water partition coefficient (Wildman–Crippen LogP) is 1.57. The Hall–Kier alpha value is -1.47. The minimum atomic E-state index is -2.94. The lowest BCUT2D eigenvalue weighted by atomic mass is 10.1. The van der Waals surface area contributed by atoms with E-state index in [4.69, 9.17) is 0 Å². The van der Waals surface area contributed by atoms with E-state index in [0.717, 1.165) is 12.0 Å². The molecule has 1 aliphatic heterocycles. The molecule has 7 heteroatoms. The number of nitrogens with zero attached hydrogens (tertiary/aromatic N) is 1. The van der Waals surface area contributed by atoms with Gasteiger partial charge in [0.2, 0.25) is 0 Å². The van der Waals surface area contributed by atoms with Gasteiger partial charge in [-0.05, 0) is 25.3 Å². The van der Waals surface area contributed by atoms with E-state index >= 15 is 0 Å². The number of nitro groups is 1. The van der Waals surface area contributed by atoms with Gasteiger partial charge >= 0.3 is 0 Å². The van der Waals surface area contributed by atoms with Gasteiger partial charge in [0, 0.05) is 24.7 Å². The Balaban J connectivity index is 1.95. The SMILES string of the molecule is Cc1ccc(CNCC2CCCS2(=O)=O)cc1[N+](=O)[O-]. The van der Waals surface area contributed by atoms with E-state index in [1.807, 2.05) is 6.07 Å². The third-order valence-corrected chi connectivity index (χ3v) is 5.91. The van der Waals surface area contributed by atoms with Crippen LogP contribution in [0.2, 0.25) is 0 Å². The maximum Gasteiger partial charge on any atom is 0.272 e. The Morgan fingerprint density at radius 1 is 1.45 bits per heavy atom. The first-order valence-corrected chi connectivity index (χ1v) is 8.28. The highest BCUT2D eigenvalue weighted by Gasteiger charge is 2.30. The maximum absolute atomic E-state index is 11.7. The minimum Gasteiger partial charge on any atom is -0.311 e. The Morgan fingerprint density at radius 3 is 2.80 bits per heavy atom. The summed E-state index contributed by atoms with van der Waals surface area (Å²) in [4.78, 5) is 10.4.